The number of rotatable bonds is 3. The number of aromatic nitrogens is 1. The maximum atomic E-state index is 9.27. The van der Waals surface area contributed by atoms with Gasteiger partial charge in [-0.2, -0.15) is 0 Å². The number of pyridine rings is 1. The van der Waals surface area contributed by atoms with Crippen molar-refractivity contribution in [2.75, 3.05) is 25.6 Å². The van der Waals surface area contributed by atoms with E-state index < -0.39 is 0 Å². The number of aliphatic hydroxyl groups is 1. The van der Waals surface area contributed by atoms with Crippen LogP contribution in [0.4, 0.5) is 5.82 Å². The number of aliphatic hydroxyl groups excluding tert-OH is 1. The Hall–Kier alpha value is -1.13. The van der Waals surface area contributed by atoms with Crippen LogP contribution in [0.3, 0.4) is 0 Å². The molecule has 4 nitrogen and oxygen atoms in total. The Balaban J connectivity index is 2.29. The quantitative estimate of drug-likeness (QED) is 0.781. The Morgan fingerprint density at radius 2 is 2.47 bits per heavy atom. The first-order valence-corrected chi connectivity index (χ1v) is 5.21. The summed E-state index contributed by atoms with van der Waals surface area (Å²) in [5, 5.41) is 12.2. The third kappa shape index (κ3) is 2.11. The molecule has 1 saturated heterocycles. The Labute approximate surface area is 89.3 Å². The average molecular weight is 208 g/mol. The third-order valence-electron chi connectivity index (χ3n) is 2.78. The van der Waals surface area contributed by atoms with Crippen LogP contribution in [-0.2, 0) is 11.3 Å². The molecule has 0 bridgehead atoms. The Morgan fingerprint density at radius 3 is 3.07 bits per heavy atom. The van der Waals surface area contributed by atoms with Crippen LogP contribution in [0, 0.1) is 0 Å². The van der Waals surface area contributed by atoms with Crippen molar-refractivity contribution in [3.63, 3.8) is 0 Å². The number of nitrogens with one attached hydrogen (secondary N) is 1. The standard InChI is InChI=1S/C11H16N2O2/c1-12-11-3-2-9(10(6-14)13-11)8-4-5-15-7-8/h2-3,8,14H,4-7H2,1H3,(H,12,13). The minimum absolute atomic E-state index is 0.0125. The Morgan fingerprint density at radius 1 is 1.60 bits per heavy atom. The Bertz CT molecular complexity index is 335. The summed E-state index contributed by atoms with van der Waals surface area (Å²) in [6.07, 6.45) is 1.02. The second-order valence-corrected chi connectivity index (χ2v) is 3.70. The number of nitrogens with zero attached hydrogens (tertiary/aromatic N) is 1. The second kappa shape index (κ2) is 4.59. The van der Waals surface area contributed by atoms with Crippen LogP contribution in [0.15, 0.2) is 12.1 Å². The van der Waals surface area contributed by atoms with Crippen molar-refractivity contribution in [1.29, 1.82) is 0 Å². The van der Waals surface area contributed by atoms with Crippen LogP contribution in [0.25, 0.3) is 0 Å². The molecule has 4 heteroatoms. The zero-order chi connectivity index (χ0) is 10.7. The highest BCUT2D eigenvalue weighted by molar-refractivity contribution is 5.39. The van der Waals surface area contributed by atoms with E-state index in [0.29, 0.717) is 5.92 Å². The molecule has 0 amide bonds. The molecule has 0 radical (unpaired) electrons. The molecule has 0 aliphatic carbocycles. The van der Waals surface area contributed by atoms with Gasteiger partial charge in [0.05, 0.1) is 18.9 Å². The minimum Gasteiger partial charge on any atom is -0.390 e. The summed E-state index contributed by atoms with van der Waals surface area (Å²) in [6.45, 7) is 1.54. The van der Waals surface area contributed by atoms with Crippen molar-refractivity contribution < 1.29 is 9.84 Å². The van der Waals surface area contributed by atoms with E-state index in [0.717, 1.165) is 36.7 Å². The molecule has 1 unspecified atom stereocenters. The van der Waals surface area contributed by atoms with Gasteiger partial charge < -0.3 is 15.2 Å². The van der Waals surface area contributed by atoms with Crippen molar-refractivity contribution in [2.45, 2.75) is 18.9 Å². The van der Waals surface area contributed by atoms with Gasteiger partial charge in [-0.1, -0.05) is 6.07 Å². The fourth-order valence-electron chi connectivity index (χ4n) is 1.93. The average Bonchev–Trinajstić information content (AvgIpc) is 2.81. The van der Waals surface area contributed by atoms with Crippen molar-refractivity contribution in [2.24, 2.45) is 0 Å². The van der Waals surface area contributed by atoms with Gasteiger partial charge in [0.1, 0.15) is 5.82 Å². The van der Waals surface area contributed by atoms with Crippen molar-refractivity contribution in [1.82, 2.24) is 4.98 Å². The number of ether oxygens (including phenoxy) is 1. The van der Waals surface area contributed by atoms with E-state index in [1.165, 1.54) is 0 Å². The van der Waals surface area contributed by atoms with E-state index in [9.17, 15) is 5.11 Å². The molecular formula is C11H16N2O2. The van der Waals surface area contributed by atoms with Gasteiger partial charge in [0.15, 0.2) is 0 Å². The van der Waals surface area contributed by atoms with E-state index in [1.54, 1.807) is 0 Å². The zero-order valence-corrected chi connectivity index (χ0v) is 8.86. The molecule has 2 N–H and O–H groups in total. The normalized spacial score (nSPS) is 20.5. The molecular weight excluding hydrogens is 192 g/mol. The topological polar surface area (TPSA) is 54.4 Å². The second-order valence-electron chi connectivity index (χ2n) is 3.70. The summed E-state index contributed by atoms with van der Waals surface area (Å²) in [5.41, 5.74) is 1.88. The van der Waals surface area contributed by atoms with Gasteiger partial charge in [-0.15, -0.1) is 0 Å². The summed E-state index contributed by atoms with van der Waals surface area (Å²) >= 11 is 0. The maximum Gasteiger partial charge on any atom is 0.126 e. The molecule has 1 aromatic rings. The lowest BCUT2D eigenvalue weighted by atomic mass is 9.97. The van der Waals surface area contributed by atoms with E-state index in [2.05, 4.69) is 10.3 Å². The molecule has 1 aromatic heterocycles. The van der Waals surface area contributed by atoms with E-state index in [1.807, 2.05) is 19.2 Å². The van der Waals surface area contributed by atoms with Gasteiger partial charge in [0, 0.05) is 19.6 Å². The first kappa shape index (κ1) is 10.4. The van der Waals surface area contributed by atoms with E-state index >= 15 is 0 Å². The molecule has 1 fully saturated rings. The van der Waals surface area contributed by atoms with Crippen LogP contribution in [-0.4, -0.2) is 30.4 Å². The molecule has 2 heterocycles. The summed E-state index contributed by atoms with van der Waals surface area (Å²) in [4.78, 5) is 4.34. The smallest absolute Gasteiger partial charge is 0.126 e. The predicted molar refractivity (Wildman–Crippen MR) is 57.9 cm³/mol. The SMILES string of the molecule is CNc1ccc(C2CCOC2)c(CO)n1. The molecule has 0 spiro atoms. The molecule has 1 atom stereocenters. The van der Waals surface area contributed by atoms with Crippen molar-refractivity contribution in [3.05, 3.63) is 23.4 Å². The lowest BCUT2D eigenvalue weighted by Gasteiger charge is -2.13. The van der Waals surface area contributed by atoms with Gasteiger partial charge in [-0.3, -0.25) is 0 Å². The zero-order valence-electron chi connectivity index (χ0n) is 8.86. The fraction of sp³-hybridized carbons (Fsp3) is 0.545. The van der Waals surface area contributed by atoms with Crippen LogP contribution >= 0.6 is 0 Å². The first-order valence-electron chi connectivity index (χ1n) is 5.21. The summed E-state index contributed by atoms with van der Waals surface area (Å²) in [7, 11) is 1.82. The molecule has 1 aliphatic rings. The molecule has 0 saturated carbocycles. The highest BCUT2D eigenvalue weighted by atomic mass is 16.5. The van der Waals surface area contributed by atoms with Gasteiger partial charge in [0.25, 0.3) is 0 Å². The number of hydrogen-bond donors (Lipinski definition) is 2. The van der Waals surface area contributed by atoms with E-state index in [-0.39, 0.29) is 6.61 Å². The van der Waals surface area contributed by atoms with Gasteiger partial charge >= 0.3 is 0 Å². The lowest BCUT2D eigenvalue weighted by molar-refractivity contribution is 0.193. The largest absolute Gasteiger partial charge is 0.390 e. The molecule has 15 heavy (non-hydrogen) atoms. The summed E-state index contributed by atoms with van der Waals surface area (Å²) in [5.74, 6) is 1.19. The van der Waals surface area contributed by atoms with Crippen LogP contribution in [0.5, 0.6) is 0 Å². The van der Waals surface area contributed by atoms with Crippen molar-refractivity contribution in [3.8, 4) is 0 Å². The summed E-state index contributed by atoms with van der Waals surface area (Å²) in [6, 6.07) is 3.97. The highest BCUT2D eigenvalue weighted by Gasteiger charge is 2.21. The number of anilines is 1. The summed E-state index contributed by atoms with van der Waals surface area (Å²) < 4.78 is 5.34. The fourth-order valence-corrected chi connectivity index (χ4v) is 1.93. The predicted octanol–water partition coefficient (Wildman–Crippen LogP) is 1.12. The van der Waals surface area contributed by atoms with Gasteiger partial charge in [-0.05, 0) is 18.1 Å². The highest BCUT2D eigenvalue weighted by Crippen LogP contribution is 2.28. The van der Waals surface area contributed by atoms with Gasteiger partial charge in [-0.25, -0.2) is 4.98 Å². The molecule has 0 aromatic carbocycles. The van der Waals surface area contributed by atoms with Gasteiger partial charge in [0.2, 0.25) is 0 Å². The Kier molecular flexibility index (Phi) is 3.18. The van der Waals surface area contributed by atoms with Crippen LogP contribution in [0.2, 0.25) is 0 Å². The number of hydrogen-bond acceptors (Lipinski definition) is 4. The lowest BCUT2D eigenvalue weighted by Crippen LogP contribution is -2.06. The van der Waals surface area contributed by atoms with Crippen LogP contribution in [0.1, 0.15) is 23.6 Å². The van der Waals surface area contributed by atoms with Crippen LogP contribution < -0.4 is 5.32 Å². The van der Waals surface area contributed by atoms with E-state index in [4.69, 9.17) is 4.74 Å². The molecule has 1 aliphatic heterocycles. The monoisotopic (exact) mass is 208 g/mol. The maximum absolute atomic E-state index is 9.27. The minimum atomic E-state index is -0.0125. The molecule has 82 valence electrons. The third-order valence-corrected chi connectivity index (χ3v) is 2.78. The van der Waals surface area contributed by atoms with Crippen molar-refractivity contribution >= 4 is 5.82 Å². The first-order chi connectivity index (χ1) is 7.35. The molecule has 2 rings (SSSR count).